The Morgan fingerprint density at radius 2 is 1.55 bits per heavy atom. The number of ether oxygens (including phenoxy) is 1. The zero-order chi connectivity index (χ0) is 31.1. The second kappa shape index (κ2) is 10.3. The third-order valence-corrected chi connectivity index (χ3v) is 15.0. The lowest BCUT2D eigenvalue weighted by atomic mass is 9.32. The lowest BCUT2D eigenvalue weighted by Gasteiger charge is -2.73. The first-order valence-electron chi connectivity index (χ1n) is 17.0. The summed E-state index contributed by atoms with van der Waals surface area (Å²) in [7, 11) is 0. The monoisotopic (exact) mass is 584 g/mol. The molecule has 0 saturated heterocycles. The Labute approximate surface area is 255 Å². The molecule has 5 unspecified atom stereocenters. The normalized spacial score (nSPS) is 46.0. The lowest BCUT2D eigenvalue weighted by Crippen LogP contribution is -2.67. The summed E-state index contributed by atoms with van der Waals surface area (Å²) in [4.78, 5) is 24.4. The van der Waals surface area contributed by atoms with Crippen molar-refractivity contribution in [3.8, 4) is 0 Å². The van der Waals surface area contributed by atoms with Gasteiger partial charge < -0.3 is 14.9 Å². The van der Waals surface area contributed by atoms with Gasteiger partial charge in [0.15, 0.2) is 0 Å². The second-order valence-electron chi connectivity index (χ2n) is 18.0. The number of allylic oxidation sites excluding steroid dienone is 1. The SMILES string of the molecule is C=C(C)C1CC[C@]2(CO)CC[C@]3(C)C(CCC4[C@@]5(C)CC[C@H](OC(=O)CC(C)(C)CC(=O)O)C(C)(C)C5CC[C@]43C)C12. The summed E-state index contributed by atoms with van der Waals surface area (Å²) in [5.74, 6) is 1.73. The van der Waals surface area contributed by atoms with E-state index in [4.69, 9.17) is 4.74 Å². The molecule has 5 aliphatic carbocycles. The third-order valence-electron chi connectivity index (χ3n) is 15.0. The average Bonchev–Trinajstić information content (AvgIpc) is 3.25. The quantitative estimate of drug-likeness (QED) is 0.232. The van der Waals surface area contributed by atoms with E-state index >= 15 is 0 Å². The van der Waals surface area contributed by atoms with Crippen molar-refractivity contribution >= 4 is 11.9 Å². The van der Waals surface area contributed by atoms with Crippen LogP contribution in [0.25, 0.3) is 0 Å². The first kappa shape index (κ1) is 32.0. The number of rotatable bonds is 7. The Hall–Kier alpha value is -1.36. The molecular weight excluding hydrogens is 524 g/mol. The van der Waals surface area contributed by atoms with Crippen LogP contribution >= 0.6 is 0 Å². The number of aliphatic hydroxyl groups excluding tert-OH is 1. The molecule has 5 nitrogen and oxygen atoms in total. The van der Waals surface area contributed by atoms with E-state index in [1.165, 1.54) is 37.7 Å². The van der Waals surface area contributed by atoms with Gasteiger partial charge in [-0.3, -0.25) is 9.59 Å². The van der Waals surface area contributed by atoms with Gasteiger partial charge in [-0.05, 0) is 128 Å². The van der Waals surface area contributed by atoms with Crippen molar-refractivity contribution in [2.75, 3.05) is 6.61 Å². The van der Waals surface area contributed by atoms with Crippen molar-refractivity contribution in [3.05, 3.63) is 12.2 Å². The molecule has 0 spiro atoms. The molecule has 0 bridgehead atoms. The Balaban J connectivity index is 1.39. The number of hydrogen-bond donors (Lipinski definition) is 2. The largest absolute Gasteiger partial charge is 0.481 e. The van der Waals surface area contributed by atoms with Crippen molar-refractivity contribution in [2.24, 2.45) is 62.1 Å². The molecule has 0 aliphatic heterocycles. The van der Waals surface area contributed by atoms with Gasteiger partial charge >= 0.3 is 11.9 Å². The molecule has 0 amide bonds. The number of hydrogen-bond acceptors (Lipinski definition) is 4. The number of fused-ring (bicyclic) bond motifs is 7. The Morgan fingerprint density at radius 3 is 2.17 bits per heavy atom. The minimum atomic E-state index is -0.877. The van der Waals surface area contributed by atoms with E-state index in [0.29, 0.717) is 36.2 Å². The van der Waals surface area contributed by atoms with Crippen LogP contribution in [0.5, 0.6) is 0 Å². The van der Waals surface area contributed by atoms with Crippen LogP contribution in [0.3, 0.4) is 0 Å². The highest BCUT2D eigenvalue weighted by Crippen LogP contribution is 2.77. The van der Waals surface area contributed by atoms with Crippen molar-refractivity contribution in [1.82, 2.24) is 0 Å². The van der Waals surface area contributed by atoms with Crippen molar-refractivity contribution in [3.63, 3.8) is 0 Å². The molecule has 5 fully saturated rings. The van der Waals surface area contributed by atoms with Gasteiger partial charge in [0.1, 0.15) is 6.10 Å². The second-order valence-corrected chi connectivity index (χ2v) is 18.0. The van der Waals surface area contributed by atoms with E-state index in [0.717, 1.165) is 32.1 Å². The van der Waals surface area contributed by atoms with E-state index in [-0.39, 0.29) is 52.0 Å². The maximum atomic E-state index is 13.1. The smallest absolute Gasteiger partial charge is 0.306 e. The molecule has 0 aromatic rings. The van der Waals surface area contributed by atoms with Crippen LogP contribution in [0, 0.1) is 62.1 Å². The fourth-order valence-electron chi connectivity index (χ4n) is 12.8. The van der Waals surface area contributed by atoms with Crippen LogP contribution in [0.2, 0.25) is 0 Å². The molecule has 5 aliphatic rings. The third kappa shape index (κ3) is 4.64. The van der Waals surface area contributed by atoms with Gasteiger partial charge in [0.05, 0.1) is 12.8 Å². The van der Waals surface area contributed by atoms with Crippen molar-refractivity contribution in [1.29, 1.82) is 0 Å². The Morgan fingerprint density at radius 1 is 0.857 bits per heavy atom. The number of carbonyl (C=O) groups is 2. The summed E-state index contributed by atoms with van der Waals surface area (Å²) in [6, 6.07) is 0. The van der Waals surface area contributed by atoms with Crippen molar-refractivity contribution < 1.29 is 24.5 Å². The molecule has 238 valence electrons. The summed E-state index contributed by atoms with van der Waals surface area (Å²) < 4.78 is 6.23. The molecule has 10 atom stereocenters. The van der Waals surface area contributed by atoms with Gasteiger partial charge in [-0.1, -0.05) is 60.6 Å². The molecule has 0 radical (unpaired) electrons. The van der Waals surface area contributed by atoms with Crippen LogP contribution in [-0.2, 0) is 14.3 Å². The summed E-state index contributed by atoms with van der Waals surface area (Å²) in [6.07, 6.45) is 11.5. The maximum absolute atomic E-state index is 13.1. The predicted octanol–water partition coefficient (Wildman–Crippen LogP) is 8.44. The average molecular weight is 585 g/mol. The number of carboxylic acids is 1. The minimum absolute atomic E-state index is 0.0374. The zero-order valence-corrected chi connectivity index (χ0v) is 28.0. The van der Waals surface area contributed by atoms with E-state index in [9.17, 15) is 19.8 Å². The van der Waals surface area contributed by atoms with Gasteiger partial charge in [-0.25, -0.2) is 0 Å². The molecule has 5 heteroatoms. The topological polar surface area (TPSA) is 83.8 Å². The highest BCUT2D eigenvalue weighted by molar-refractivity contribution is 5.73. The van der Waals surface area contributed by atoms with Crippen LogP contribution < -0.4 is 0 Å². The molecule has 5 rings (SSSR count). The summed E-state index contributed by atoms with van der Waals surface area (Å²) >= 11 is 0. The zero-order valence-electron chi connectivity index (χ0n) is 28.0. The molecule has 2 N–H and O–H groups in total. The van der Waals surface area contributed by atoms with Gasteiger partial charge in [0.25, 0.3) is 0 Å². The van der Waals surface area contributed by atoms with Crippen LogP contribution in [-0.4, -0.2) is 34.9 Å². The lowest BCUT2D eigenvalue weighted by molar-refractivity contribution is -0.251. The molecule has 0 heterocycles. The maximum Gasteiger partial charge on any atom is 0.306 e. The number of aliphatic hydroxyl groups is 1. The van der Waals surface area contributed by atoms with Crippen LogP contribution in [0.1, 0.15) is 132 Å². The fourth-order valence-corrected chi connectivity index (χ4v) is 12.8. The summed E-state index contributed by atoms with van der Waals surface area (Å²) in [5, 5.41) is 20.0. The fraction of sp³-hybridized carbons (Fsp3) is 0.892. The van der Waals surface area contributed by atoms with Gasteiger partial charge in [-0.2, -0.15) is 0 Å². The van der Waals surface area contributed by atoms with Crippen LogP contribution in [0.15, 0.2) is 12.2 Å². The summed E-state index contributed by atoms with van der Waals surface area (Å²) in [5.41, 5.74) is 1.37. The van der Waals surface area contributed by atoms with Crippen molar-refractivity contribution in [2.45, 2.75) is 139 Å². The summed E-state index contributed by atoms with van der Waals surface area (Å²) in [6.45, 7) is 23.2. The number of carboxylic acid groups (broad SMARTS) is 1. The Bertz CT molecular complexity index is 1110. The highest BCUT2D eigenvalue weighted by Gasteiger charge is 2.71. The van der Waals surface area contributed by atoms with Gasteiger partial charge in [-0.15, -0.1) is 0 Å². The molecule has 5 saturated carbocycles. The standard InChI is InChI=1S/C37H60O5/c1-23(2)24-12-17-37(22-38)19-18-35(8)25(31(24)37)10-11-27-34(7)15-14-28(33(5,6)26(34)13-16-36(27,35)9)42-30(41)21-32(3,4)20-29(39)40/h24-28,31,38H,1,10-22H2,2-9H3,(H,39,40)/t24?,25?,26?,27?,28-,31?,34-,35+,36+,37+/m0/s1. The Kier molecular flexibility index (Phi) is 7.89. The number of carbonyl (C=O) groups excluding carboxylic acids is 1. The van der Waals surface area contributed by atoms with E-state index in [1.54, 1.807) is 0 Å². The molecular formula is C37H60O5. The first-order chi connectivity index (χ1) is 19.4. The van der Waals surface area contributed by atoms with E-state index in [1.807, 2.05) is 13.8 Å². The number of esters is 1. The highest BCUT2D eigenvalue weighted by atomic mass is 16.5. The molecule has 0 aromatic carbocycles. The first-order valence-corrected chi connectivity index (χ1v) is 17.0. The molecule has 42 heavy (non-hydrogen) atoms. The van der Waals surface area contributed by atoms with E-state index < -0.39 is 11.4 Å². The van der Waals surface area contributed by atoms with Gasteiger partial charge in [0.2, 0.25) is 0 Å². The van der Waals surface area contributed by atoms with Crippen LogP contribution in [0.4, 0.5) is 0 Å². The van der Waals surface area contributed by atoms with Gasteiger partial charge in [0, 0.05) is 12.0 Å². The van der Waals surface area contributed by atoms with E-state index in [2.05, 4.69) is 48.1 Å². The number of aliphatic carboxylic acids is 1. The minimum Gasteiger partial charge on any atom is -0.481 e. The predicted molar refractivity (Wildman–Crippen MR) is 167 cm³/mol. The molecule has 0 aromatic heterocycles.